The number of allylic oxidation sites excluding steroid dienone is 1. The van der Waals surface area contributed by atoms with Crippen LogP contribution in [0.4, 0.5) is 14.9 Å². The van der Waals surface area contributed by atoms with Gasteiger partial charge in [0.05, 0.1) is 17.3 Å². The Hall–Kier alpha value is -3.68. The highest BCUT2D eigenvalue weighted by Crippen LogP contribution is 2.39. The van der Waals surface area contributed by atoms with Crippen molar-refractivity contribution < 1.29 is 13.7 Å². The zero-order chi connectivity index (χ0) is 23.8. The Kier molecular flexibility index (Phi) is 5.81. The first kappa shape index (κ1) is 22.1. The van der Waals surface area contributed by atoms with Gasteiger partial charge in [-0.15, -0.1) is 0 Å². The van der Waals surface area contributed by atoms with Crippen LogP contribution in [0.1, 0.15) is 24.4 Å². The molecule has 0 saturated heterocycles. The number of carbonyl (C=O) groups excluding carboxylic acids is 1. The molecule has 34 heavy (non-hydrogen) atoms. The number of carbonyl (C=O) groups is 1. The number of nitrogens with zero attached hydrogens (tertiary/aromatic N) is 3. The van der Waals surface area contributed by atoms with Gasteiger partial charge in [0.2, 0.25) is 5.82 Å². The molecule has 0 spiro atoms. The minimum atomic E-state index is -0.582. The zero-order valence-corrected chi connectivity index (χ0v) is 19.3. The SMILES string of the molecule is CC1=C(c2nc(-c3cccc(F)c3)no2)C(c2ccc(Cl)cc2)NC(=O)N1c1cccc(Cl)c1. The molecule has 1 aliphatic rings. The molecule has 1 unspecified atom stereocenters. The van der Waals surface area contributed by atoms with Crippen LogP contribution >= 0.6 is 23.2 Å². The van der Waals surface area contributed by atoms with Crippen LogP contribution < -0.4 is 10.2 Å². The number of halogens is 3. The predicted octanol–water partition coefficient (Wildman–Crippen LogP) is 6.88. The molecule has 2 amide bonds. The number of aromatic nitrogens is 2. The number of anilines is 1. The summed E-state index contributed by atoms with van der Waals surface area (Å²) in [6.45, 7) is 1.80. The maximum absolute atomic E-state index is 13.7. The van der Waals surface area contributed by atoms with E-state index in [1.54, 1.807) is 55.5 Å². The van der Waals surface area contributed by atoms with Gasteiger partial charge in [0, 0.05) is 21.3 Å². The molecule has 0 fully saturated rings. The van der Waals surface area contributed by atoms with Gasteiger partial charge < -0.3 is 9.84 Å². The third kappa shape index (κ3) is 4.16. The Morgan fingerprint density at radius 1 is 1.00 bits per heavy atom. The molecule has 1 N–H and O–H groups in total. The smallest absolute Gasteiger partial charge is 0.326 e. The third-order valence-corrected chi connectivity index (χ3v) is 5.98. The average molecular weight is 495 g/mol. The van der Waals surface area contributed by atoms with Crippen LogP contribution in [0.15, 0.2) is 83.0 Å². The summed E-state index contributed by atoms with van der Waals surface area (Å²) in [5.41, 5.74) is 3.02. The summed E-state index contributed by atoms with van der Waals surface area (Å²) in [5, 5.41) is 8.12. The summed E-state index contributed by atoms with van der Waals surface area (Å²) in [6, 6.07) is 19.1. The lowest BCUT2D eigenvalue weighted by Crippen LogP contribution is -2.46. The van der Waals surface area contributed by atoms with Crippen molar-refractivity contribution in [2.75, 3.05) is 4.90 Å². The molecule has 0 aliphatic carbocycles. The first-order valence-corrected chi connectivity index (χ1v) is 11.1. The highest BCUT2D eigenvalue weighted by atomic mass is 35.5. The van der Waals surface area contributed by atoms with Crippen LogP contribution in [-0.4, -0.2) is 16.2 Å². The van der Waals surface area contributed by atoms with Crippen molar-refractivity contribution in [2.45, 2.75) is 13.0 Å². The minimum Gasteiger partial charge on any atom is -0.334 e. The second kappa shape index (κ2) is 8.93. The summed E-state index contributed by atoms with van der Waals surface area (Å²) in [4.78, 5) is 19.2. The minimum absolute atomic E-state index is 0.198. The molecule has 5 rings (SSSR count). The number of hydrogen-bond donors (Lipinski definition) is 1. The van der Waals surface area contributed by atoms with Crippen molar-refractivity contribution >= 4 is 40.5 Å². The van der Waals surface area contributed by atoms with E-state index in [1.807, 2.05) is 12.1 Å². The van der Waals surface area contributed by atoms with E-state index in [4.69, 9.17) is 27.7 Å². The van der Waals surface area contributed by atoms with Crippen molar-refractivity contribution in [3.63, 3.8) is 0 Å². The topological polar surface area (TPSA) is 71.3 Å². The van der Waals surface area contributed by atoms with Crippen LogP contribution in [0.5, 0.6) is 0 Å². The van der Waals surface area contributed by atoms with E-state index < -0.39 is 11.9 Å². The third-order valence-electron chi connectivity index (χ3n) is 5.49. The molecular weight excluding hydrogens is 478 g/mol. The molecule has 1 aromatic heterocycles. The van der Waals surface area contributed by atoms with Gasteiger partial charge >= 0.3 is 6.03 Å². The lowest BCUT2D eigenvalue weighted by molar-refractivity contribution is 0.244. The Labute approximate surface area is 204 Å². The Balaban J connectivity index is 1.66. The Morgan fingerprint density at radius 2 is 1.76 bits per heavy atom. The van der Waals surface area contributed by atoms with Crippen molar-refractivity contribution in [1.82, 2.24) is 15.5 Å². The molecule has 3 aromatic carbocycles. The van der Waals surface area contributed by atoms with Gasteiger partial charge in [0.15, 0.2) is 0 Å². The van der Waals surface area contributed by atoms with Crippen LogP contribution in [0.2, 0.25) is 10.0 Å². The molecule has 0 saturated carbocycles. The number of amides is 2. The lowest BCUT2D eigenvalue weighted by Gasteiger charge is -2.35. The van der Waals surface area contributed by atoms with E-state index in [0.29, 0.717) is 32.6 Å². The maximum Gasteiger partial charge on any atom is 0.326 e. The van der Waals surface area contributed by atoms with Gasteiger partial charge in [-0.2, -0.15) is 4.98 Å². The molecule has 170 valence electrons. The molecule has 6 nitrogen and oxygen atoms in total. The lowest BCUT2D eigenvalue weighted by atomic mass is 9.94. The number of hydrogen-bond acceptors (Lipinski definition) is 4. The fraction of sp³-hybridized carbons (Fsp3) is 0.0800. The number of urea groups is 1. The van der Waals surface area contributed by atoms with Crippen LogP contribution in [0.3, 0.4) is 0 Å². The van der Waals surface area contributed by atoms with Crippen LogP contribution in [0, 0.1) is 5.82 Å². The standard InChI is InChI=1S/C25H17Cl2FN4O2/c1-14-21(24-30-23(31-34-24)16-4-2-6-19(28)12-16)22(15-8-10-17(26)11-9-15)29-25(33)32(14)20-7-3-5-18(27)13-20/h2-13,22H,1H3,(H,29,33). The normalized spacial score (nSPS) is 16.1. The van der Waals surface area contributed by atoms with E-state index in [2.05, 4.69) is 15.5 Å². The monoisotopic (exact) mass is 494 g/mol. The van der Waals surface area contributed by atoms with Crippen molar-refractivity contribution in [1.29, 1.82) is 0 Å². The van der Waals surface area contributed by atoms with Gasteiger partial charge in [-0.1, -0.05) is 58.7 Å². The maximum atomic E-state index is 13.7. The second-order valence-corrected chi connectivity index (χ2v) is 8.55. The zero-order valence-electron chi connectivity index (χ0n) is 17.8. The Bertz CT molecular complexity index is 1420. The highest BCUT2D eigenvalue weighted by molar-refractivity contribution is 6.31. The molecular formula is C25H17Cl2FN4O2. The van der Waals surface area contributed by atoms with Gasteiger partial charge in [-0.05, 0) is 55.0 Å². The van der Waals surface area contributed by atoms with E-state index in [0.717, 1.165) is 5.56 Å². The van der Waals surface area contributed by atoms with E-state index in [-0.39, 0.29) is 17.7 Å². The fourth-order valence-corrected chi connectivity index (χ4v) is 4.24. The first-order chi connectivity index (χ1) is 16.4. The number of rotatable bonds is 4. The van der Waals surface area contributed by atoms with Crippen molar-refractivity contribution in [3.8, 4) is 11.4 Å². The van der Waals surface area contributed by atoms with E-state index >= 15 is 0 Å². The summed E-state index contributed by atoms with van der Waals surface area (Å²) in [6.07, 6.45) is 0. The summed E-state index contributed by atoms with van der Waals surface area (Å²) in [7, 11) is 0. The Morgan fingerprint density at radius 3 is 2.50 bits per heavy atom. The summed E-state index contributed by atoms with van der Waals surface area (Å²) >= 11 is 12.2. The summed E-state index contributed by atoms with van der Waals surface area (Å²) < 4.78 is 19.4. The quantitative estimate of drug-likeness (QED) is 0.335. The van der Waals surface area contributed by atoms with Crippen LogP contribution in [0.25, 0.3) is 17.0 Å². The number of nitrogens with one attached hydrogen (secondary N) is 1. The summed E-state index contributed by atoms with van der Waals surface area (Å²) in [5.74, 6) is 0.0231. The first-order valence-electron chi connectivity index (χ1n) is 10.3. The molecule has 0 radical (unpaired) electrons. The van der Waals surface area contributed by atoms with E-state index in [1.165, 1.54) is 17.0 Å². The largest absolute Gasteiger partial charge is 0.334 e. The predicted molar refractivity (Wildman–Crippen MR) is 129 cm³/mol. The molecule has 4 aromatic rings. The van der Waals surface area contributed by atoms with E-state index in [9.17, 15) is 9.18 Å². The molecule has 2 heterocycles. The molecule has 1 atom stereocenters. The van der Waals surface area contributed by atoms with Crippen LogP contribution in [-0.2, 0) is 0 Å². The van der Waals surface area contributed by atoms with Crippen molar-refractivity contribution in [2.24, 2.45) is 0 Å². The van der Waals surface area contributed by atoms with Gasteiger partial charge in [0.25, 0.3) is 5.89 Å². The fourth-order valence-electron chi connectivity index (χ4n) is 3.93. The van der Waals surface area contributed by atoms with Gasteiger partial charge in [0.1, 0.15) is 5.82 Å². The molecule has 1 aliphatic heterocycles. The highest BCUT2D eigenvalue weighted by Gasteiger charge is 2.36. The average Bonchev–Trinajstić information content (AvgIpc) is 3.29. The number of benzene rings is 3. The molecule has 9 heteroatoms. The van der Waals surface area contributed by atoms with Gasteiger partial charge in [-0.3, -0.25) is 4.90 Å². The molecule has 0 bridgehead atoms. The van der Waals surface area contributed by atoms with Gasteiger partial charge in [-0.25, -0.2) is 9.18 Å². The van der Waals surface area contributed by atoms with Crippen molar-refractivity contribution in [3.05, 3.63) is 106 Å². The second-order valence-electron chi connectivity index (χ2n) is 7.68.